The molecule has 0 spiro atoms. The van der Waals surface area contributed by atoms with Crippen molar-refractivity contribution in [2.45, 2.75) is 39.4 Å². The molecule has 118 valence electrons. The molecule has 0 heterocycles. The zero-order valence-electron chi connectivity index (χ0n) is 12.9. The molecule has 0 aliphatic rings. The van der Waals surface area contributed by atoms with Gasteiger partial charge in [-0.3, -0.25) is 4.79 Å². The van der Waals surface area contributed by atoms with Crippen LogP contribution in [0.2, 0.25) is 5.02 Å². The number of nitrogens with two attached hydrogens (primary N) is 1. The third kappa shape index (κ3) is 6.80. The molecule has 1 aromatic carbocycles. The fourth-order valence-electron chi connectivity index (χ4n) is 1.51. The molecular formula is C15H23ClN2O3. The number of nitrogens with one attached hydrogen (secondary N) is 1. The van der Waals surface area contributed by atoms with Crippen molar-refractivity contribution >= 4 is 28.9 Å². The van der Waals surface area contributed by atoms with Gasteiger partial charge in [-0.25, -0.2) is 0 Å². The van der Waals surface area contributed by atoms with E-state index in [9.17, 15) is 4.79 Å². The topological polar surface area (TPSA) is 73.6 Å². The van der Waals surface area contributed by atoms with Crippen LogP contribution < -0.4 is 11.1 Å². The monoisotopic (exact) mass is 314 g/mol. The van der Waals surface area contributed by atoms with Gasteiger partial charge in [0.2, 0.25) is 0 Å². The van der Waals surface area contributed by atoms with Gasteiger partial charge in [0, 0.05) is 5.69 Å². The summed E-state index contributed by atoms with van der Waals surface area (Å²) in [5.74, 6) is -0.243. The summed E-state index contributed by atoms with van der Waals surface area (Å²) in [5, 5.41) is 3.18. The lowest BCUT2D eigenvalue weighted by molar-refractivity contribution is -0.128. The molecule has 1 rings (SSSR count). The average molecular weight is 315 g/mol. The van der Waals surface area contributed by atoms with Crippen molar-refractivity contribution in [3.63, 3.8) is 0 Å². The Balaban J connectivity index is 2.39. The molecule has 0 bridgehead atoms. The lowest BCUT2D eigenvalue weighted by atomic mass is 10.2. The van der Waals surface area contributed by atoms with E-state index < -0.39 is 6.10 Å². The van der Waals surface area contributed by atoms with Gasteiger partial charge in [-0.1, -0.05) is 11.6 Å². The predicted molar refractivity (Wildman–Crippen MR) is 85.6 cm³/mol. The molecule has 0 aliphatic heterocycles. The first-order valence-corrected chi connectivity index (χ1v) is 7.18. The van der Waals surface area contributed by atoms with Gasteiger partial charge in [-0.05, 0) is 45.9 Å². The summed E-state index contributed by atoms with van der Waals surface area (Å²) in [6, 6.07) is 4.93. The molecule has 0 radical (unpaired) electrons. The van der Waals surface area contributed by atoms with Gasteiger partial charge in [0.15, 0.2) is 0 Å². The Morgan fingerprint density at radius 3 is 2.62 bits per heavy atom. The third-order valence-corrected chi connectivity index (χ3v) is 2.96. The quantitative estimate of drug-likeness (QED) is 0.625. The molecule has 1 amide bonds. The van der Waals surface area contributed by atoms with Crippen molar-refractivity contribution in [3.8, 4) is 0 Å². The van der Waals surface area contributed by atoms with E-state index in [1.165, 1.54) is 0 Å². The highest BCUT2D eigenvalue weighted by Crippen LogP contribution is 2.22. The highest BCUT2D eigenvalue weighted by atomic mass is 35.5. The number of hydrogen-bond acceptors (Lipinski definition) is 4. The summed E-state index contributed by atoms with van der Waals surface area (Å²) in [7, 11) is 0. The molecule has 3 N–H and O–H groups in total. The van der Waals surface area contributed by atoms with E-state index in [-0.39, 0.29) is 11.5 Å². The normalized spacial score (nSPS) is 13.0. The molecular weight excluding hydrogens is 292 g/mol. The summed E-state index contributed by atoms with van der Waals surface area (Å²) in [5.41, 5.74) is 6.47. The molecule has 0 saturated carbocycles. The van der Waals surface area contributed by atoms with Gasteiger partial charge in [0.1, 0.15) is 6.10 Å². The standard InChI is InChI=1S/C15H23ClN2O3/c1-10(20-7-8-21-15(2,3)4)14(19)18-11-5-6-12(16)13(17)9-11/h5-6,9-10H,7-8,17H2,1-4H3,(H,18,19). The largest absolute Gasteiger partial charge is 0.397 e. The number of carbonyl (C=O) groups is 1. The minimum absolute atomic E-state index is 0.213. The van der Waals surface area contributed by atoms with Crippen LogP contribution in [0.5, 0.6) is 0 Å². The van der Waals surface area contributed by atoms with E-state index in [0.29, 0.717) is 29.6 Å². The summed E-state index contributed by atoms with van der Waals surface area (Å²) in [4.78, 5) is 11.9. The molecule has 1 aromatic rings. The lowest BCUT2D eigenvalue weighted by Crippen LogP contribution is -2.30. The van der Waals surface area contributed by atoms with E-state index in [2.05, 4.69) is 5.32 Å². The van der Waals surface area contributed by atoms with Crippen molar-refractivity contribution in [1.82, 2.24) is 0 Å². The lowest BCUT2D eigenvalue weighted by Gasteiger charge is -2.20. The van der Waals surface area contributed by atoms with Crippen LogP contribution in [0, 0.1) is 0 Å². The number of amides is 1. The fraction of sp³-hybridized carbons (Fsp3) is 0.533. The Bertz CT molecular complexity index is 486. The molecule has 1 unspecified atom stereocenters. The van der Waals surface area contributed by atoms with E-state index >= 15 is 0 Å². The third-order valence-electron chi connectivity index (χ3n) is 2.62. The molecule has 1 atom stereocenters. The predicted octanol–water partition coefficient (Wildman–Crippen LogP) is 3.08. The molecule has 0 aromatic heterocycles. The van der Waals surface area contributed by atoms with Crippen molar-refractivity contribution in [1.29, 1.82) is 0 Å². The second kappa shape index (κ2) is 7.64. The first-order chi connectivity index (χ1) is 9.69. The molecule has 6 heteroatoms. The maximum Gasteiger partial charge on any atom is 0.253 e. The van der Waals surface area contributed by atoms with Crippen LogP contribution in [-0.2, 0) is 14.3 Å². The van der Waals surface area contributed by atoms with Crippen molar-refractivity contribution < 1.29 is 14.3 Å². The Morgan fingerprint density at radius 1 is 1.38 bits per heavy atom. The number of halogens is 1. The number of anilines is 2. The van der Waals surface area contributed by atoms with Gasteiger partial charge < -0.3 is 20.5 Å². The summed E-state index contributed by atoms with van der Waals surface area (Å²) in [6.07, 6.45) is -0.578. The minimum Gasteiger partial charge on any atom is -0.397 e. The Morgan fingerprint density at radius 2 is 2.05 bits per heavy atom. The first-order valence-electron chi connectivity index (χ1n) is 6.80. The number of rotatable bonds is 6. The SMILES string of the molecule is CC(OCCOC(C)(C)C)C(=O)Nc1ccc(Cl)c(N)c1. The van der Waals surface area contributed by atoms with Crippen LogP contribution in [0.15, 0.2) is 18.2 Å². The van der Waals surface area contributed by atoms with E-state index in [4.69, 9.17) is 26.8 Å². The minimum atomic E-state index is -0.578. The van der Waals surface area contributed by atoms with Gasteiger partial charge in [0.05, 0.1) is 29.5 Å². The van der Waals surface area contributed by atoms with E-state index in [1.54, 1.807) is 25.1 Å². The molecule has 0 saturated heterocycles. The van der Waals surface area contributed by atoms with Gasteiger partial charge in [-0.15, -0.1) is 0 Å². The molecule has 0 aliphatic carbocycles. The van der Waals surface area contributed by atoms with Crippen molar-refractivity contribution in [2.75, 3.05) is 24.3 Å². The summed E-state index contributed by atoms with van der Waals surface area (Å²) in [6.45, 7) is 8.38. The Kier molecular flexibility index (Phi) is 6.45. The number of benzene rings is 1. The van der Waals surface area contributed by atoms with Crippen molar-refractivity contribution in [2.24, 2.45) is 0 Å². The Labute approximate surface area is 130 Å². The Hall–Kier alpha value is -1.30. The van der Waals surface area contributed by atoms with Gasteiger partial charge >= 0.3 is 0 Å². The van der Waals surface area contributed by atoms with Crippen LogP contribution in [0.25, 0.3) is 0 Å². The number of hydrogen-bond donors (Lipinski definition) is 2. The molecule has 21 heavy (non-hydrogen) atoms. The summed E-state index contributed by atoms with van der Waals surface area (Å²) < 4.78 is 10.9. The van der Waals surface area contributed by atoms with Crippen LogP contribution in [0.1, 0.15) is 27.7 Å². The second-order valence-electron chi connectivity index (χ2n) is 5.70. The molecule has 0 fully saturated rings. The van der Waals surface area contributed by atoms with E-state index in [0.717, 1.165) is 0 Å². The van der Waals surface area contributed by atoms with Gasteiger partial charge in [-0.2, -0.15) is 0 Å². The highest BCUT2D eigenvalue weighted by Gasteiger charge is 2.15. The first kappa shape index (κ1) is 17.8. The van der Waals surface area contributed by atoms with Crippen LogP contribution >= 0.6 is 11.6 Å². The van der Waals surface area contributed by atoms with Crippen LogP contribution in [0.3, 0.4) is 0 Å². The maximum atomic E-state index is 11.9. The van der Waals surface area contributed by atoms with Gasteiger partial charge in [0.25, 0.3) is 5.91 Å². The average Bonchev–Trinajstić information content (AvgIpc) is 2.37. The zero-order chi connectivity index (χ0) is 16.0. The van der Waals surface area contributed by atoms with E-state index in [1.807, 2.05) is 20.8 Å². The number of ether oxygens (including phenoxy) is 2. The zero-order valence-corrected chi connectivity index (χ0v) is 13.7. The van der Waals surface area contributed by atoms with Crippen LogP contribution in [-0.4, -0.2) is 30.8 Å². The summed E-state index contributed by atoms with van der Waals surface area (Å²) >= 11 is 5.82. The molecule has 5 nitrogen and oxygen atoms in total. The second-order valence-corrected chi connectivity index (χ2v) is 6.11. The van der Waals surface area contributed by atoms with Crippen LogP contribution in [0.4, 0.5) is 11.4 Å². The maximum absolute atomic E-state index is 11.9. The number of nitrogen functional groups attached to an aromatic ring is 1. The highest BCUT2D eigenvalue weighted by molar-refractivity contribution is 6.33. The van der Waals surface area contributed by atoms with Crippen molar-refractivity contribution in [3.05, 3.63) is 23.2 Å². The fourth-order valence-corrected chi connectivity index (χ4v) is 1.63. The number of carbonyl (C=O) groups excluding carboxylic acids is 1. The smallest absolute Gasteiger partial charge is 0.253 e.